The van der Waals surface area contributed by atoms with Crippen LogP contribution < -0.4 is 5.32 Å². The molecule has 1 aromatic rings. The molecule has 1 saturated carbocycles. The summed E-state index contributed by atoms with van der Waals surface area (Å²) >= 11 is 0. The van der Waals surface area contributed by atoms with Crippen molar-refractivity contribution >= 4 is 0 Å². The summed E-state index contributed by atoms with van der Waals surface area (Å²) in [5, 5.41) is 3.62. The third kappa shape index (κ3) is 2.43. The lowest BCUT2D eigenvalue weighted by Crippen LogP contribution is -2.38. The Hall–Kier alpha value is -0.760. The predicted octanol–water partition coefficient (Wildman–Crippen LogP) is 3.43. The minimum Gasteiger partial charge on any atom is -0.465 e. The van der Waals surface area contributed by atoms with E-state index in [9.17, 15) is 0 Å². The van der Waals surface area contributed by atoms with E-state index in [1.807, 2.05) is 13.0 Å². The van der Waals surface area contributed by atoms with Gasteiger partial charge >= 0.3 is 0 Å². The van der Waals surface area contributed by atoms with Crippen molar-refractivity contribution in [2.45, 2.75) is 52.1 Å². The summed E-state index contributed by atoms with van der Waals surface area (Å²) in [6.45, 7) is 6.45. The van der Waals surface area contributed by atoms with Crippen LogP contribution in [0.15, 0.2) is 16.5 Å². The van der Waals surface area contributed by atoms with Crippen LogP contribution in [0.3, 0.4) is 0 Å². The molecule has 2 heteroatoms. The standard InChI is InChI=1S/C13H21NO/c1-9-7-8-13(15-9)11(3)14-10(2)12-5-4-6-12/h7-8,10-12,14H,4-6H2,1-3H3. The van der Waals surface area contributed by atoms with Gasteiger partial charge < -0.3 is 9.73 Å². The maximum Gasteiger partial charge on any atom is 0.120 e. The molecule has 1 N–H and O–H groups in total. The maximum atomic E-state index is 5.62. The van der Waals surface area contributed by atoms with E-state index in [0.717, 1.165) is 17.4 Å². The molecule has 0 spiro atoms. The summed E-state index contributed by atoms with van der Waals surface area (Å²) in [6.07, 6.45) is 4.18. The zero-order valence-corrected chi connectivity index (χ0v) is 9.92. The molecule has 0 radical (unpaired) electrons. The lowest BCUT2D eigenvalue weighted by Gasteiger charge is -2.33. The summed E-state index contributed by atoms with van der Waals surface area (Å²) in [4.78, 5) is 0. The summed E-state index contributed by atoms with van der Waals surface area (Å²) in [5.41, 5.74) is 0. The van der Waals surface area contributed by atoms with Gasteiger partial charge in [0.05, 0.1) is 6.04 Å². The number of hydrogen-bond donors (Lipinski definition) is 1. The van der Waals surface area contributed by atoms with Gasteiger partial charge in [-0.15, -0.1) is 0 Å². The Morgan fingerprint density at radius 1 is 1.33 bits per heavy atom. The Balaban J connectivity index is 1.88. The molecule has 2 nitrogen and oxygen atoms in total. The van der Waals surface area contributed by atoms with Gasteiger partial charge in [-0.2, -0.15) is 0 Å². The fraction of sp³-hybridized carbons (Fsp3) is 0.692. The molecule has 84 valence electrons. The molecule has 15 heavy (non-hydrogen) atoms. The Kier molecular flexibility index (Phi) is 3.15. The van der Waals surface area contributed by atoms with Crippen molar-refractivity contribution < 1.29 is 4.42 Å². The molecule has 0 bridgehead atoms. The van der Waals surface area contributed by atoms with Crippen LogP contribution in [-0.2, 0) is 0 Å². The second-order valence-corrected chi connectivity index (χ2v) is 4.82. The summed E-state index contributed by atoms with van der Waals surface area (Å²) in [6, 6.07) is 5.04. The normalized spacial score (nSPS) is 21.0. The van der Waals surface area contributed by atoms with E-state index in [-0.39, 0.29) is 0 Å². The second-order valence-electron chi connectivity index (χ2n) is 4.82. The number of nitrogens with one attached hydrogen (secondary N) is 1. The largest absolute Gasteiger partial charge is 0.465 e. The number of furan rings is 1. The van der Waals surface area contributed by atoms with E-state index in [0.29, 0.717) is 12.1 Å². The number of rotatable bonds is 4. The molecule has 1 aliphatic carbocycles. The Bertz CT molecular complexity index is 314. The highest BCUT2D eigenvalue weighted by molar-refractivity contribution is 5.09. The van der Waals surface area contributed by atoms with Crippen molar-refractivity contribution in [2.24, 2.45) is 5.92 Å². The van der Waals surface area contributed by atoms with E-state index in [4.69, 9.17) is 4.42 Å². The predicted molar refractivity (Wildman–Crippen MR) is 61.8 cm³/mol. The van der Waals surface area contributed by atoms with E-state index in [2.05, 4.69) is 25.2 Å². The van der Waals surface area contributed by atoms with Crippen LogP contribution in [0.4, 0.5) is 0 Å². The molecule has 1 heterocycles. The van der Waals surface area contributed by atoms with Crippen LogP contribution in [-0.4, -0.2) is 6.04 Å². The van der Waals surface area contributed by atoms with E-state index in [1.165, 1.54) is 19.3 Å². The molecule has 1 fully saturated rings. The first kappa shape index (κ1) is 10.7. The fourth-order valence-electron chi connectivity index (χ4n) is 2.24. The SMILES string of the molecule is Cc1ccc(C(C)NC(C)C2CCC2)o1. The molecule has 1 aliphatic rings. The zero-order valence-electron chi connectivity index (χ0n) is 9.92. The maximum absolute atomic E-state index is 5.62. The molecule has 2 atom stereocenters. The van der Waals surface area contributed by atoms with Crippen molar-refractivity contribution in [1.29, 1.82) is 0 Å². The molecular formula is C13H21NO. The summed E-state index contributed by atoms with van der Waals surface area (Å²) < 4.78 is 5.62. The lowest BCUT2D eigenvalue weighted by molar-refractivity contribution is 0.223. The first-order chi connectivity index (χ1) is 7.16. The third-order valence-electron chi connectivity index (χ3n) is 3.56. The van der Waals surface area contributed by atoms with Crippen molar-refractivity contribution in [3.63, 3.8) is 0 Å². The number of hydrogen-bond acceptors (Lipinski definition) is 2. The van der Waals surface area contributed by atoms with Gasteiger partial charge in [0.25, 0.3) is 0 Å². The van der Waals surface area contributed by atoms with Crippen molar-refractivity contribution in [1.82, 2.24) is 5.32 Å². The summed E-state index contributed by atoms with van der Waals surface area (Å²) in [7, 11) is 0. The molecule has 2 rings (SSSR count). The minimum absolute atomic E-state index is 0.328. The first-order valence-electron chi connectivity index (χ1n) is 5.99. The Morgan fingerprint density at radius 3 is 2.53 bits per heavy atom. The van der Waals surface area contributed by atoms with Crippen LogP contribution in [0.25, 0.3) is 0 Å². The highest BCUT2D eigenvalue weighted by atomic mass is 16.3. The molecule has 0 aliphatic heterocycles. The monoisotopic (exact) mass is 207 g/mol. The van der Waals surface area contributed by atoms with Gasteiger partial charge in [-0.1, -0.05) is 6.42 Å². The Morgan fingerprint density at radius 2 is 2.07 bits per heavy atom. The van der Waals surface area contributed by atoms with Gasteiger partial charge in [-0.25, -0.2) is 0 Å². The van der Waals surface area contributed by atoms with Crippen LogP contribution in [0, 0.1) is 12.8 Å². The fourth-order valence-corrected chi connectivity index (χ4v) is 2.24. The highest BCUT2D eigenvalue weighted by Crippen LogP contribution is 2.30. The molecule has 0 saturated heterocycles. The van der Waals surface area contributed by atoms with E-state index >= 15 is 0 Å². The van der Waals surface area contributed by atoms with Crippen molar-refractivity contribution in [3.8, 4) is 0 Å². The molecule has 2 unspecified atom stereocenters. The van der Waals surface area contributed by atoms with Gasteiger partial charge in [0, 0.05) is 6.04 Å². The average Bonchev–Trinajstić information content (AvgIpc) is 2.48. The highest BCUT2D eigenvalue weighted by Gasteiger charge is 2.25. The van der Waals surface area contributed by atoms with Crippen molar-refractivity contribution in [2.75, 3.05) is 0 Å². The smallest absolute Gasteiger partial charge is 0.120 e. The quantitative estimate of drug-likeness (QED) is 0.818. The van der Waals surface area contributed by atoms with E-state index in [1.54, 1.807) is 0 Å². The van der Waals surface area contributed by atoms with Gasteiger partial charge in [0.1, 0.15) is 11.5 Å². The Labute approximate surface area is 92.1 Å². The lowest BCUT2D eigenvalue weighted by atomic mass is 9.80. The van der Waals surface area contributed by atoms with Crippen LogP contribution in [0.5, 0.6) is 0 Å². The molecule has 1 aromatic heterocycles. The summed E-state index contributed by atoms with van der Waals surface area (Å²) in [5.74, 6) is 2.93. The number of aryl methyl sites for hydroxylation is 1. The van der Waals surface area contributed by atoms with Crippen LogP contribution >= 0.6 is 0 Å². The third-order valence-corrected chi connectivity index (χ3v) is 3.56. The van der Waals surface area contributed by atoms with Gasteiger partial charge in [0.15, 0.2) is 0 Å². The van der Waals surface area contributed by atoms with Crippen LogP contribution in [0.2, 0.25) is 0 Å². The molecule has 0 amide bonds. The minimum atomic E-state index is 0.328. The zero-order chi connectivity index (χ0) is 10.8. The van der Waals surface area contributed by atoms with Gasteiger partial charge in [-0.3, -0.25) is 0 Å². The topological polar surface area (TPSA) is 25.2 Å². The van der Waals surface area contributed by atoms with Gasteiger partial charge in [-0.05, 0) is 51.7 Å². The van der Waals surface area contributed by atoms with Crippen molar-refractivity contribution in [3.05, 3.63) is 23.7 Å². The molecular weight excluding hydrogens is 186 g/mol. The first-order valence-corrected chi connectivity index (χ1v) is 5.99. The molecule has 0 aromatic carbocycles. The van der Waals surface area contributed by atoms with E-state index < -0.39 is 0 Å². The van der Waals surface area contributed by atoms with Gasteiger partial charge in [0.2, 0.25) is 0 Å². The second kappa shape index (κ2) is 4.40. The average molecular weight is 207 g/mol. The van der Waals surface area contributed by atoms with Crippen LogP contribution in [0.1, 0.15) is 50.7 Å².